The van der Waals surface area contributed by atoms with Crippen LogP contribution < -0.4 is 5.32 Å². The van der Waals surface area contributed by atoms with Crippen LogP contribution in [0.1, 0.15) is 42.5 Å². The number of benzene rings is 2. The van der Waals surface area contributed by atoms with Gasteiger partial charge in [-0.2, -0.15) is 0 Å². The molecular weight excluding hydrogens is 366 g/mol. The fourth-order valence-corrected chi connectivity index (χ4v) is 4.18. The van der Waals surface area contributed by atoms with Crippen LogP contribution >= 0.6 is 23.4 Å². The number of hydrogen-bond donors (Lipinski definition) is 1. The van der Waals surface area contributed by atoms with Gasteiger partial charge in [0, 0.05) is 22.1 Å². The number of carbonyl (C=O) groups is 2. The Morgan fingerprint density at radius 1 is 1.00 bits per heavy atom. The number of anilines is 1. The number of nitrogens with one attached hydrogen (secondary N) is 1. The number of thioether (sulfide) groups is 1. The zero-order chi connectivity index (χ0) is 18.4. The van der Waals surface area contributed by atoms with Gasteiger partial charge in [-0.3, -0.25) is 9.59 Å². The topological polar surface area (TPSA) is 46.2 Å². The molecule has 0 unspecified atom stereocenters. The highest BCUT2D eigenvalue weighted by molar-refractivity contribution is 8.00. The molecular formula is C21H22ClNO2S. The molecule has 0 heterocycles. The molecule has 2 aromatic rings. The molecule has 5 heteroatoms. The van der Waals surface area contributed by atoms with E-state index in [9.17, 15) is 9.59 Å². The molecule has 2 aromatic carbocycles. The minimum Gasteiger partial charge on any atom is -0.326 e. The van der Waals surface area contributed by atoms with Crippen LogP contribution in [0.5, 0.6) is 0 Å². The average Bonchev–Trinajstić information content (AvgIpc) is 2.68. The van der Waals surface area contributed by atoms with Crippen LogP contribution in [0.25, 0.3) is 0 Å². The van der Waals surface area contributed by atoms with E-state index in [0.29, 0.717) is 16.3 Å². The zero-order valence-corrected chi connectivity index (χ0v) is 16.1. The second-order valence-corrected chi connectivity index (χ2v) is 8.00. The van der Waals surface area contributed by atoms with Gasteiger partial charge in [0.05, 0.1) is 10.8 Å². The second-order valence-electron chi connectivity index (χ2n) is 6.54. The molecule has 0 spiro atoms. The molecule has 0 aromatic heterocycles. The van der Waals surface area contributed by atoms with Crippen molar-refractivity contribution in [2.24, 2.45) is 5.92 Å². The summed E-state index contributed by atoms with van der Waals surface area (Å²) >= 11 is 7.53. The predicted octanol–water partition coefficient (Wildman–Crippen LogP) is 5.83. The van der Waals surface area contributed by atoms with Gasteiger partial charge in [-0.05, 0) is 49.2 Å². The van der Waals surface area contributed by atoms with Gasteiger partial charge in [-0.25, -0.2) is 0 Å². The fourth-order valence-electron chi connectivity index (χ4n) is 3.16. The highest BCUT2D eigenvalue weighted by Crippen LogP contribution is 2.26. The van der Waals surface area contributed by atoms with Crippen LogP contribution in [-0.4, -0.2) is 17.4 Å². The van der Waals surface area contributed by atoms with Gasteiger partial charge in [-0.1, -0.05) is 43.0 Å². The van der Waals surface area contributed by atoms with Gasteiger partial charge in [0.2, 0.25) is 5.91 Å². The minimum atomic E-state index is 0.00952. The van der Waals surface area contributed by atoms with Crippen molar-refractivity contribution in [1.82, 2.24) is 0 Å². The number of amides is 1. The average molecular weight is 388 g/mol. The summed E-state index contributed by atoms with van der Waals surface area (Å²) in [5.41, 5.74) is 1.36. The van der Waals surface area contributed by atoms with Crippen LogP contribution in [0.15, 0.2) is 53.4 Å². The Morgan fingerprint density at radius 3 is 2.38 bits per heavy atom. The number of Topliss-reactive ketones (excluding diaryl/α,β-unsaturated/α-hetero) is 1. The first-order valence-corrected chi connectivity index (χ1v) is 10.3. The quantitative estimate of drug-likeness (QED) is 0.500. The summed E-state index contributed by atoms with van der Waals surface area (Å²) in [6.07, 6.45) is 5.51. The van der Waals surface area contributed by atoms with Crippen molar-refractivity contribution in [2.75, 3.05) is 11.1 Å². The Kier molecular flexibility index (Phi) is 6.75. The van der Waals surface area contributed by atoms with Gasteiger partial charge >= 0.3 is 0 Å². The molecule has 0 saturated heterocycles. The van der Waals surface area contributed by atoms with Crippen molar-refractivity contribution in [3.63, 3.8) is 0 Å². The molecule has 136 valence electrons. The van der Waals surface area contributed by atoms with Crippen molar-refractivity contribution in [2.45, 2.75) is 37.0 Å². The lowest BCUT2D eigenvalue weighted by atomic mass is 9.88. The van der Waals surface area contributed by atoms with E-state index in [1.165, 1.54) is 18.2 Å². The maximum atomic E-state index is 12.3. The largest absolute Gasteiger partial charge is 0.326 e. The molecule has 0 bridgehead atoms. The lowest BCUT2D eigenvalue weighted by molar-refractivity contribution is -0.120. The Morgan fingerprint density at radius 2 is 1.69 bits per heavy atom. The summed E-state index contributed by atoms with van der Waals surface area (Å²) in [5.74, 6) is 0.609. The van der Waals surface area contributed by atoms with E-state index in [0.717, 1.165) is 36.3 Å². The number of rotatable bonds is 6. The summed E-state index contributed by atoms with van der Waals surface area (Å²) in [5, 5.41) is 3.49. The maximum Gasteiger partial charge on any atom is 0.227 e. The van der Waals surface area contributed by atoms with Crippen LogP contribution in [0, 0.1) is 5.92 Å². The normalized spacial score (nSPS) is 14.8. The Balaban J connectivity index is 1.52. The first-order valence-electron chi connectivity index (χ1n) is 8.95. The molecule has 1 aliphatic rings. The van der Waals surface area contributed by atoms with Gasteiger partial charge in [0.25, 0.3) is 0 Å². The van der Waals surface area contributed by atoms with Gasteiger partial charge in [0.1, 0.15) is 0 Å². The molecule has 1 saturated carbocycles. The first kappa shape index (κ1) is 19.0. The number of hydrogen-bond acceptors (Lipinski definition) is 3. The molecule has 0 atom stereocenters. The van der Waals surface area contributed by atoms with Crippen molar-refractivity contribution in [3.05, 3.63) is 59.1 Å². The predicted molar refractivity (Wildman–Crippen MR) is 108 cm³/mol. The fraction of sp³-hybridized carbons (Fsp3) is 0.333. The molecule has 3 nitrogen and oxygen atoms in total. The molecule has 0 aliphatic heterocycles. The molecule has 1 N–H and O–H groups in total. The number of carbonyl (C=O) groups excluding carboxylic acids is 2. The third-order valence-corrected chi connectivity index (χ3v) is 5.98. The van der Waals surface area contributed by atoms with Crippen molar-refractivity contribution in [3.8, 4) is 0 Å². The summed E-state index contributed by atoms with van der Waals surface area (Å²) in [4.78, 5) is 25.5. The summed E-state index contributed by atoms with van der Waals surface area (Å²) in [7, 11) is 0. The zero-order valence-electron chi connectivity index (χ0n) is 14.5. The molecule has 1 amide bonds. The summed E-state index contributed by atoms with van der Waals surface area (Å²) in [6, 6.07) is 14.7. The molecule has 0 radical (unpaired) electrons. The van der Waals surface area contributed by atoms with E-state index in [-0.39, 0.29) is 17.6 Å². The third kappa shape index (κ3) is 5.12. The van der Waals surface area contributed by atoms with Crippen molar-refractivity contribution >= 4 is 40.7 Å². The van der Waals surface area contributed by atoms with E-state index in [4.69, 9.17) is 11.6 Å². The molecule has 1 fully saturated rings. The summed E-state index contributed by atoms with van der Waals surface area (Å²) in [6.45, 7) is 0. The monoisotopic (exact) mass is 387 g/mol. The minimum absolute atomic E-state index is 0.00952. The molecule has 1 aliphatic carbocycles. The van der Waals surface area contributed by atoms with E-state index >= 15 is 0 Å². The SMILES string of the molecule is O=C(CSc1ccc(NC(=O)C2CCCCC2)cc1)c1ccccc1Cl. The van der Waals surface area contributed by atoms with Crippen LogP contribution in [0.2, 0.25) is 5.02 Å². The van der Waals surface area contributed by atoms with E-state index in [1.54, 1.807) is 12.1 Å². The third-order valence-electron chi connectivity index (χ3n) is 4.64. The highest BCUT2D eigenvalue weighted by Gasteiger charge is 2.21. The van der Waals surface area contributed by atoms with Crippen molar-refractivity contribution in [1.29, 1.82) is 0 Å². The van der Waals surface area contributed by atoms with Crippen LogP contribution in [-0.2, 0) is 4.79 Å². The van der Waals surface area contributed by atoms with E-state index in [1.807, 2.05) is 36.4 Å². The Labute approximate surface area is 163 Å². The van der Waals surface area contributed by atoms with Gasteiger partial charge < -0.3 is 5.32 Å². The molecule has 3 rings (SSSR count). The lowest BCUT2D eigenvalue weighted by Gasteiger charge is -2.20. The highest BCUT2D eigenvalue weighted by atomic mass is 35.5. The second kappa shape index (κ2) is 9.24. The Bertz CT molecular complexity index is 770. The smallest absolute Gasteiger partial charge is 0.227 e. The standard InChI is InChI=1S/C21H22ClNO2S/c22-19-9-5-4-8-18(19)20(24)14-26-17-12-10-16(11-13-17)23-21(25)15-6-2-1-3-7-15/h4-5,8-13,15H,1-3,6-7,14H2,(H,23,25). The van der Waals surface area contributed by atoms with Crippen LogP contribution in [0.4, 0.5) is 5.69 Å². The lowest BCUT2D eigenvalue weighted by Crippen LogP contribution is -2.24. The van der Waals surface area contributed by atoms with Gasteiger partial charge in [0.15, 0.2) is 5.78 Å². The summed E-state index contributed by atoms with van der Waals surface area (Å²) < 4.78 is 0. The van der Waals surface area contributed by atoms with Crippen LogP contribution in [0.3, 0.4) is 0 Å². The van der Waals surface area contributed by atoms with E-state index < -0.39 is 0 Å². The molecule has 26 heavy (non-hydrogen) atoms. The Hall–Kier alpha value is -1.78. The number of halogens is 1. The number of ketones is 1. The maximum absolute atomic E-state index is 12.3. The van der Waals surface area contributed by atoms with Gasteiger partial charge in [-0.15, -0.1) is 11.8 Å². The van der Waals surface area contributed by atoms with Crippen molar-refractivity contribution < 1.29 is 9.59 Å². The van der Waals surface area contributed by atoms with E-state index in [2.05, 4.69) is 5.32 Å². The first-order chi connectivity index (χ1) is 12.6.